The molecule has 1 aliphatic rings. The van der Waals surface area contributed by atoms with Gasteiger partial charge in [0.2, 0.25) is 0 Å². The maximum Gasteiger partial charge on any atom is 0.315 e. The first-order chi connectivity index (χ1) is 12.3. The van der Waals surface area contributed by atoms with Crippen molar-refractivity contribution in [2.24, 2.45) is 0 Å². The first-order valence-electron chi connectivity index (χ1n) is 8.74. The summed E-state index contributed by atoms with van der Waals surface area (Å²) in [7, 11) is 0. The molecule has 1 aliphatic heterocycles. The number of halogens is 3. The molecule has 0 spiro atoms. The van der Waals surface area contributed by atoms with Crippen molar-refractivity contribution in [2.45, 2.75) is 6.92 Å². The zero-order chi connectivity index (χ0) is 19.5. The van der Waals surface area contributed by atoms with Gasteiger partial charge in [-0.3, -0.25) is 29.1 Å². The highest BCUT2D eigenvalue weighted by molar-refractivity contribution is 5.70. The van der Waals surface area contributed by atoms with Crippen LogP contribution in [0.3, 0.4) is 0 Å². The largest absolute Gasteiger partial charge is 0.315 e. The minimum absolute atomic E-state index is 0.256. The molecule has 0 bridgehead atoms. The molecule has 0 saturated carbocycles. The number of hydrogen-bond acceptors (Lipinski definition) is 7. The molecule has 0 atom stereocenters. The van der Waals surface area contributed by atoms with Crippen LogP contribution in [0.15, 0.2) is 0 Å². The SMILES string of the molecule is CCN1CCN(CC(=O)F)CCN(CC(=O)F)CCN(CC(=O)F)CC1. The lowest BCUT2D eigenvalue weighted by molar-refractivity contribution is -0.132. The maximum atomic E-state index is 12.8. The number of likely N-dealkylation sites (N-methyl/N-ethyl adjacent to an activating group) is 1. The number of hydrogen-bond donors (Lipinski definition) is 0. The third-order valence-corrected chi connectivity index (χ3v) is 4.42. The van der Waals surface area contributed by atoms with Gasteiger partial charge in [-0.1, -0.05) is 6.92 Å². The van der Waals surface area contributed by atoms with E-state index in [1.807, 2.05) is 6.92 Å². The summed E-state index contributed by atoms with van der Waals surface area (Å²) in [5.74, 6) is 0. The number of carbonyl (C=O) groups is 3. The molecule has 0 unspecified atom stereocenters. The molecule has 0 amide bonds. The Hall–Kier alpha value is -1.36. The Morgan fingerprint density at radius 1 is 0.577 bits per heavy atom. The minimum Gasteiger partial charge on any atom is -0.301 e. The van der Waals surface area contributed by atoms with Crippen LogP contribution in [0.1, 0.15) is 6.92 Å². The first-order valence-corrected chi connectivity index (χ1v) is 8.74. The van der Waals surface area contributed by atoms with Crippen molar-refractivity contribution in [1.29, 1.82) is 0 Å². The van der Waals surface area contributed by atoms with Crippen molar-refractivity contribution in [3.63, 3.8) is 0 Å². The summed E-state index contributed by atoms with van der Waals surface area (Å²) in [6.07, 6.45) is 0. The normalized spacial score (nSPS) is 20.3. The zero-order valence-electron chi connectivity index (χ0n) is 15.1. The number of nitrogens with zero attached hydrogens (tertiary/aromatic N) is 4. The Balaban J connectivity index is 2.82. The van der Waals surface area contributed by atoms with E-state index < -0.39 is 24.7 Å². The van der Waals surface area contributed by atoms with E-state index in [2.05, 4.69) is 4.90 Å². The van der Waals surface area contributed by atoms with E-state index in [-0.39, 0.29) is 26.2 Å². The summed E-state index contributed by atoms with van der Waals surface area (Å²) >= 11 is 0. The van der Waals surface area contributed by atoms with E-state index in [0.717, 1.165) is 6.54 Å². The highest BCUT2D eigenvalue weighted by atomic mass is 19.1. The van der Waals surface area contributed by atoms with Crippen molar-refractivity contribution < 1.29 is 27.6 Å². The van der Waals surface area contributed by atoms with Crippen molar-refractivity contribution >= 4 is 18.1 Å². The van der Waals surface area contributed by atoms with Crippen molar-refractivity contribution in [2.75, 3.05) is 78.5 Å². The highest BCUT2D eigenvalue weighted by Gasteiger charge is 2.19. The fourth-order valence-corrected chi connectivity index (χ4v) is 2.90. The third kappa shape index (κ3) is 9.95. The fraction of sp³-hybridized carbons (Fsp3) is 0.812. The topological polar surface area (TPSA) is 64.2 Å². The summed E-state index contributed by atoms with van der Waals surface area (Å²) in [4.78, 5) is 39.3. The molecule has 1 heterocycles. The molecule has 0 N–H and O–H groups in total. The summed E-state index contributed by atoms with van der Waals surface area (Å²) in [6, 6.07) is -4.39. The Kier molecular flexibility index (Phi) is 10.6. The Morgan fingerprint density at radius 3 is 1.00 bits per heavy atom. The van der Waals surface area contributed by atoms with Crippen molar-refractivity contribution in [3.05, 3.63) is 0 Å². The summed E-state index contributed by atoms with van der Waals surface area (Å²) in [5.41, 5.74) is 0. The third-order valence-electron chi connectivity index (χ3n) is 4.42. The van der Waals surface area contributed by atoms with Gasteiger partial charge in [-0.05, 0) is 6.54 Å². The van der Waals surface area contributed by atoms with Crippen LogP contribution in [0.4, 0.5) is 13.2 Å². The Bertz CT molecular complexity index is 450. The minimum atomic E-state index is -1.50. The van der Waals surface area contributed by atoms with Crippen LogP contribution < -0.4 is 0 Å². The highest BCUT2D eigenvalue weighted by Crippen LogP contribution is 2.02. The zero-order valence-corrected chi connectivity index (χ0v) is 15.1. The van der Waals surface area contributed by atoms with E-state index in [9.17, 15) is 27.6 Å². The van der Waals surface area contributed by atoms with Crippen LogP contribution in [0.25, 0.3) is 0 Å². The van der Waals surface area contributed by atoms with Crippen LogP contribution in [0.5, 0.6) is 0 Å². The van der Waals surface area contributed by atoms with Crippen molar-refractivity contribution in [1.82, 2.24) is 19.6 Å². The van der Waals surface area contributed by atoms with E-state index in [1.54, 1.807) is 9.80 Å². The molecule has 1 saturated heterocycles. The summed E-state index contributed by atoms with van der Waals surface area (Å²) < 4.78 is 38.4. The lowest BCUT2D eigenvalue weighted by atomic mass is 10.3. The van der Waals surface area contributed by atoms with Crippen LogP contribution in [-0.2, 0) is 14.4 Å². The second kappa shape index (κ2) is 12.1. The second-order valence-electron chi connectivity index (χ2n) is 6.33. The quantitative estimate of drug-likeness (QED) is 0.563. The molecule has 0 radical (unpaired) electrons. The van der Waals surface area contributed by atoms with E-state index >= 15 is 0 Å². The van der Waals surface area contributed by atoms with Gasteiger partial charge >= 0.3 is 18.1 Å². The molecule has 1 fully saturated rings. The van der Waals surface area contributed by atoms with Gasteiger partial charge in [-0.2, -0.15) is 13.2 Å². The molecule has 1 rings (SSSR count). The predicted octanol–water partition coefficient (Wildman–Crippen LogP) is -0.284. The second-order valence-corrected chi connectivity index (χ2v) is 6.33. The monoisotopic (exact) mass is 380 g/mol. The fourth-order valence-electron chi connectivity index (χ4n) is 2.90. The first kappa shape index (κ1) is 22.7. The molecule has 10 heteroatoms. The van der Waals surface area contributed by atoms with Gasteiger partial charge < -0.3 is 4.90 Å². The van der Waals surface area contributed by atoms with E-state index in [4.69, 9.17) is 0 Å². The molecular formula is C16H27F3N4O3. The smallest absolute Gasteiger partial charge is 0.301 e. The maximum absolute atomic E-state index is 12.8. The van der Waals surface area contributed by atoms with Gasteiger partial charge in [0.25, 0.3) is 0 Å². The molecule has 26 heavy (non-hydrogen) atoms. The average Bonchev–Trinajstić information content (AvgIpc) is 2.53. The van der Waals surface area contributed by atoms with Gasteiger partial charge in [0.15, 0.2) is 0 Å². The van der Waals surface area contributed by atoms with Crippen LogP contribution in [0, 0.1) is 0 Å². The van der Waals surface area contributed by atoms with E-state index in [0.29, 0.717) is 39.3 Å². The van der Waals surface area contributed by atoms with Gasteiger partial charge in [0.1, 0.15) is 0 Å². The van der Waals surface area contributed by atoms with Crippen molar-refractivity contribution in [3.8, 4) is 0 Å². The van der Waals surface area contributed by atoms with Gasteiger partial charge in [0.05, 0.1) is 19.6 Å². The molecule has 150 valence electrons. The van der Waals surface area contributed by atoms with E-state index in [1.165, 1.54) is 4.90 Å². The molecular weight excluding hydrogens is 353 g/mol. The Labute approximate surface area is 151 Å². The Morgan fingerprint density at radius 2 is 0.808 bits per heavy atom. The standard InChI is InChI=1S/C16H27F3N4O3/c1-2-20-3-5-21(11-14(17)24)7-9-23(13-16(19)26)10-8-22(6-4-20)12-15(18)25/h2-13H2,1H3. The molecule has 0 aromatic rings. The summed E-state index contributed by atoms with van der Waals surface area (Å²) in [5, 5.41) is 0. The van der Waals surface area contributed by atoms with Crippen LogP contribution in [-0.4, -0.2) is 116 Å². The molecule has 0 aromatic carbocycles. The lowest BCUT2D eigenvalue weighted by Crippen LogP contribution is -2.47. The molecule has 7 nitrogen and oxygen atoms in total. The predicted molar refractivity (Wildman–Crippen MR) is 89.8 cm³/mol. The number of rotatable bonds is 7. The van der Waals surface area contributed by atoms with Gasteiger partial charge in [-0.15, -0.1) is 0 Å². The van der Waals surface area contributed by atoms with Gasteiger partial charge in [0, 0.05) is 52.4 Å². The average molecular weight is 380 g/mol. The molecule has 0 aromatic heterocycles. The van der Waals surface area contributed by atoms with Gasteiger partial charge in [-0.25, -0.2) is 0 Å². The molecule has 0 aliphatic carbocycles. The lowest BCUT2D eigenvalue weighted by Gasteiger charge is -2.32. The number of carbonyl (C=O) groups excluding carboxylic acids is 3. The summed E-state index contributed by atoms with van der Waals surface area (Å²) in [6.45, 7) is 4.65. The van der Waals surface area contributed by atoms with Crippen LogP contribution >= 0.6 is 0 Å². The van der Waals surface area contributed by atoms with Crippen LogP contribution in [0.2, 0.25) is 0 Å².